The molecule has 1 unspecified atom stereocenters. The van der Waals surface area contributed by atoms with Crippen LogP contribution in [0.5, 0.6) is 0 Å². The molecule has 2 aromatic rings. The Morgan fingerprint density at radius 2 is 1.87 bits per heavy atom. The van der Waals surface area contributed by atoms with E-state index in [0.717, 1.165) is 11.1 Å². The Balaban J connectivity index is 1.84. The van der Waals surface area contributed by atoms with Gasteiger partial charge in [-0.3, -0.25) is 4.79 Å². The molecule has 6 heteroatoms. The molecule has 0 heterocycles. The molecular formula is C17H18ClN3O2. The van der Waals surface area contributed by atoms with E-state index in [2.05, 4.69) is 10.5 Å². The summed E-state index contributed by atoms with van der Waals surface area (Å²) in [6.07, 6.45) is -0.746. The van der Waals surface area contributed by atoms with Crippen LogP contribution in [0.15, 0.2) is 59.8 Å². The third-order valence-electron chi connectivity index (χ3n) is 3.13. The largest absolute Gasteiger partial charge is 0.381 e. The van der Waals surface area contributed by atoms with Gasteiger partial charge in [-0.15, -0.1) is 0 Å². The predicted octanol–water partition coefficient (Wildman–Crippen LogP) is 2.68. The lowest BCUT2D eigenvalue weighted by Crippen LogP contribution is -2.33. The van der Waals surface area contributed by atoms with Crippen molar-refractivity contribution in [2.45, 2.75) is 19.6 Å². The van der Waals surface area contributed by atoms with Crippen LogP contribution in [0.25, 0.3) is 0 Å². The van der Waals surface area contributed by atoms with Crippen LogP contribution < -0.4 is 11.1 Å². The fraction of sp³-hybridized carbons (Fsp3) is 0.176. The van der Waals surface area contributed by atoms with Gasteiger partial charge in [-0.05, 0) is 24.6 Å². The van der Waals surface area contributed by atoms with Gasteiger partial charge in [0.25, 0.3) is 5.91 Å². The zero-order chi connectivity index (χ0) is 16.7. The van der Waals surface area contributed by atoms with Gasteiger partial charge >= 0.3 is 0 Å². The predicted molar refractivity (Wildman–Crippen MR) is 91.0 cm³/mol. The first-order valence-corrected chi connectivity index (χ1v) is 7.51. The highest BCUT2D eigenvalue weighted by Gasteiger charge is 2.14. The van der Waals surface area contributed by atoms with Gasteiger partial charge in [0, 0.05) is 17.1 Å². The van der Waals surface area contributed by atoms with Crippen LogP contribution in [0.3, 0.4) is 0 Å². The van der Waals surface area contributed by atoms with Gasteiger partial charge in [-0.25, -0.2) is 0 Å². The molecular weight excluding hydrogens is 314 g/mol. The van der Waals surface area contributed by atoms with Crippen molar-refractivity contribution in [1.82, 2.24) is 5.32 Å². The van der Waals surface area contributed by atoms with Crippen molar-refractivity contribution in [3.8, 4) is 0 Å². The summed E-state index contributed by atoms with van der Waals surface area (Å²) in [6.45, 7) is 2.00. The van der Waals surface area contributed by atoms with Crippen molar-refractivity contribution in [1.29, 1.82) is 0 Å². The second-order valence-electron chi connectivity index (χ2n) is 4.93. The Hall–Kier alpha value is -2.53. The highest BCUT2D eigenvalue weighted by atomic mass is 35.5. The van der Waals surface area contributed by atoms with Gasteiger partial charge in [-0.1, -0.05) is 59.2 Å². The zero-order valence-electron chi connectivity index (χ0n) is 12.7. The number of oxime groups is 1. The van der Waals surface area contributed by atoms with Gasteiger partial charge in [0.1, 0.15) is 0 Å². The van der Waals surface area contributed by atoms with Crippen LogP contribution in [-0.4, -0.2) is 17.8 Å². The monoisotopic (exact) mass is 331 g/mol. The minimum absolute atomic E-state index is 0.225. The Morgan fingerprint density at radius 3 is 2.52 bits per heavy atom. The average Bonchev–Trinajstić information content (AvgIpc) is 2.59. The fourth-order valence-corrected chi connectivity index (χ4v) is 1.91. The number of hydrogen-bond donors (Lipinski definition) is 2. The Morgan fingerprint density at radius 1 is 1.22 bits per heavy atom. The van der Waals surface area contributed by atoms with Crippen molar-refractivity contribution in [3.05, 3.63) is 70.7 Å². The summed E-state index contributed by atoms with van der Waals surface area (Å²) in [5.74, 6) is -0.0486. The third-order valence-corrected chi connectivity index (χ3v) is 3.38. The smallest absolute Gasteiger partial charge is 0.263 e. The van der Waals surface area contributed by atoms with Gasteiger partial charge in [-0.2, -0.15) is 0 Å². The molecule has 0 saturated carbocycles. The quantitative estimate of drug-likeness (QED) is 0.485. The number of nitrogens with two attached hydrogens (primary N) is 1. The van der Waals surface area contributed by atoms with Crippen LogP contribution >= 0.6 is 11.6 Å². The molecule has 0 bridgehead atoms. The van der Waals surface area contributed by atoms with Gasteiger partial charge in [0.05, 0.1) is 0 Å². The molecule has 0 aliphatic heterocycles. The summed E-state index contributed by atoms with van der Waals surface area (Å²) in [6, 6.07) is 16.4. The van der Waals surface area contributed by atoms with E-state index < -0.39 is 6.10 Å². The van der Waals surface area contributed by atoms with Crippen molar-refractivity contribution in [2.24, 2.45) is 10.9 Å². The molecule has 0 aromatic heterocycles. The van der Waals surface area contributed by atoms with Crippen molar-refractivity contribution in [3.63, 3.8) is 0 Å². The van der Waals surface area contributed by atoms with Gasteiger partial charge in [0.2, 0.25) is 6.10 Å². The molecule has 0 saturated heterocycles. The average molecular weight is 332 g/mol. The van der Waals surface area contributed by atoms with E-state index in [1.165, 1.54) is 0 Å². The molecule has 2 rings (SSSR count). The Bertz CT molecular complexity index is 672. The van der Waals surface area contributed by atoms with E-state index in [0.29, 0.717) is 11.6 Å². The number of carbonyl (C=O) groups excluding carboxylic acids is 1. The lowest BCUT2D eigenvalue weighted by Gasteiger charge is -2.11. The van der Waals surface area contributed by atoms with E-state index in [4.69, 9.17) is 22.2 Å². The summed E-state index contributed by atoms with van der Waals surface area (Å²) < 4.78 is 0. The van der Waals surface area contributed by atoms with E-state index in [1.807, 2.05) is 42.5 Å². The molecule has 2 aromatic carbocycles. The van der Waals surface area contributed by atoms with E-state index in [-0.39, 0.29) is 11.7 Å². The number of hydrogen-bond acceptors (Lipinski definition) is 3. The lowest BCUT2D eigenvalue weighted by molar-refractivity contribution is -0.131. The van der Waals surface area contributed by atoms with Crippen molar-refractivity contribution >= 4 is 23.3 Å². The highest BCUT2D eigenvalue weighted by Crippen LogP contribution is 2.09. The van der Waals surface area contributed by atoms with Crippen LogP contribution in [-0.2, 0) is 16.2 Å². The number of halogens is 1. The molecule has 5 nitrogen and oxygen atoms in total. The first-order valence-electron chi connectivity index (χ1n) is 7.13. The number of carbonyl (C=O) groups is 1. The molecule has 0 spiro atoms. The van der Waals surface area contributed by atoms with Crippen LogP contribution in [0.4, 0.5) is 0 Å². The summed E-state index contributed by atoms with van der Waals surface area (Å²) in [4.78, 5) is 17.1. The van der Waals surface area contributed by atoms with E-state index in [1.54, 1.807) is 19.1 Å². The normalized spacial score (nSPS) is 12.5. The maximum atomic E-state index is 12.0. The molecule has 0 aliphatic rings. The molecule has 1 amide bonds. The number of nitrogens with one attached hydrogen (secondary N) is 1. The maximum Gasteiger partial charge on any atom is 0.263 e. The molecule has 0 fully saturated rings. The van der Waals surface area contributed by atoms with E-state index in [9.17, 15) is 4.79 Å². The number of amidine groups is 1. The second kappa shape index (κ2) is 8.19. The number of benzene rings is 2. The third kappa shape index (κ3) is 5.30. The first-order chi connectivity index (χ1) is 11.1. The fourth-order valence-electron chi connectivity index (χ4n) is 1.78. The summed E-state index contributed by atoms with van der Waals surface area (Å²) in [5, 5.41) is 7.22. The van der Waals surface area contributed by atoms with Crippen molar-refractivity contribution in [2.75, 3.05) is 0 Å². The van der Waals surface area contributed by atoms with Crippen LogP contribution in [0.1, 0.15) is 18.1 Å². The second-order valence-corrected chi connectivity index (χ2v) is 5.37. The van der Waals surface area contributed by atoms with Gasteiger partial charge < -0.3 is 15.9 Å². The SMILES string of the molecule is CC(O/N=C(\N)c1ccccc1)C(=O)NCc1ccc(Cl)cc1. The minimum atomic E-state index is -0.746. The maximum absolute atomic E-state index is 12.0. The molecule has 1 atom stereocenters. The van der Waals surface area contributed by atoms with E-state index >= 15 is 0 Å². The summed E-state index contributed by atoms with van der Waals surface area (Å²) in [7, 11) is 0. The first kappa shape index (κ1) is 16.8. The standard InChI is InChI=1S/C17H18ClN3O2/c1-12(23-21-16(19)14-5-3-2-4-6-14)17(22)20-11-13-7-9-15(18)10-8-13/h2-10,12H,11H2,1H3,(H2,19,21)(H,20,22). The molecule has 0 aliphatic carbocycles. The summed E-state index contributed by atoms with van der Waals surface area (Å²) in [5.41, 5.74) is 7.49. The number of rotatable bonds is 6. The minimum Gasteiger partial charge on any atom is -0.381 e. The highest BCUT2D eigenvalue weighted by molar-refractivity contribution is 6.30. The Kier molecular flexibility index (Phi) is 6.00. The molecule has 23 heavy (non-hydrogen) atoms. The molecule has 0 radical (unpaired) electrons. The lowest BCUT2D eigenvalue weighted by atomic mass is 10.2. The van der Waals surface area contributed by atoms with Crippen molar-refractivity contribution < 1.29 is 9.63 Å². The van der Waals surface area contributed by atoms with Crippen LogP contribution in [0, 0.1) is 0 Å². The summed E-state index contributed by atoms with van der Waals surface area (Å²) >= 11 is 5.81. The van der Waals surface area contributed by atoms with Gasteiger partial charge in [0.15, 0.2) is 5.84 Å². The van der Waals surface area contributed by atoms with Crippen LogP contribution in [0.2, 0.25) is 5.02 Å². The molecule has 120 valence electrons. The zero-order valence-corrected chi connectivity index (χ0v) is 13.5. The number of amides is 1. The molecule has 3 N–H and O–H groups in total. The Labute approximate surface area is 140 Å². The topological polar surface area (TPSA) is 76.7 Å². The number of nitrogens with zero attached hydrogens (tertiary/aromatic N) is 1.